The Balaban J connectivity index is 2.54. The van der Waals surface area contributed by atoms with Crippen LogP contribution in [0.5, 0.6) is 0 Å². The summed E-state index contributed by atoms with van der Waals surface area (Å²) in [5, 5.41) is 0. The number of aromatic nitrogens is 2. The smallest absolute Gasteiger partial charge is 0.305 e. The van der Waals surface area contributed by atoms with Gasteiger partial charge in [-0.05, 0) is 0 Å². The summed E-state index contributed by atoms with van der Waals surface area (Å²) < 4.78 is 8.53. The number of rotatable bonds is 3. The first kappa shape index (κ1) is 9.77. The number of imidazole rings is 1. The Morgan fingerprint density at radius 3 is 2.85 bits per heavy atom. The predicted octanol–water partition coefficient (Wildman–Crippen LogP) is -0.0448. The molecular weight excluding hydrogens is 168 g/mol. The van der Waals surface area contributed by atoms with Crippen molar-refractivity contribution in [2.45, 2.75) is 12.8 Å². The maximum absolute atomic E-state index is 10.9. The molecule has 0 aromatic carbocycles. The van der Waals surface area contributed by atoms with Crippen molar-refractivity contribution in [2.75, 3.05) is 7.11 Å². The molecule has 0 spiro atoms. The first-order chi connectivity index (χ1) is 6.13. The van der Waals surface area contributed by atoms with E-state index < -0.39 is 0 Å². The van der Waals surface area contributed by atoms with Gasteiger partial charge >= 0.3 is 5.97 Å². The largest absolute Gasteiger partial charge is 0.469 e. The minimum Gasteiger partial charge on any atom is -0.469 e. The van der Waals surface area contributed by atoms with Gasteiger partial charge in [-0.3, -0.25) is 4.79 Å². The van der Waals surface area contributed by atoms with Crippen molar-refractivity contribution in [3.8, 4) is 0 Å². The van der Waals surface area contributed by atoms with Gasteiger partial charge in [-0.2, -0.15) is 0 Å². The highest BCUT2D eigenvalue weighted by Gasteiger charge is 2.09. The second-order valence-corrected chi connectivity index (χ2v) is 3.09. The molecule has 0 fully saturated rings. The molecule has 1 aromatic heterocycles. The number of hydrogen-bond donors (Lipinski definition) is 0. The van der Waals surface area contributed by atoms with Crippen LogP contribution in [0.25, 0.3) is 0 Å². The fraction of sp³-hybridized carbons (Fsp3) is 0.556. The molecule has 0 atom stereocenters. The Morgan fingerprint density at radius 1 is 1.69 bits per heavy atom. The highest BCUT2D eigenvalue weighted by Crippen LogP contribution is 2.00. The normalized spacial score (nSPS) is 10.1. The van der Waals surface area contributed by atoms with Gasteiger partial charge < -0.3 is 4.74 Å². The van der Waals surface area contributed by atoms with Crippen LogP contribution in [0.15, 0.2) is 12.5 Å². The highest BCUT2D eigenvalue weighted by atomic mass is 16.5. The molecule has 4 nitrogen and oxygen atoms in total. The minimum absolute atomic E-state index is 0.163. The topological polar surface area (TPSA) is 35.1 Å². The van der Waals surface area contributed by atoms with Crippen LogP contribution in [-0.2, 0) is 30.0 Å². The SMILES string of the molecule is COC(=O)CCc1c[n+](C)cn1C. The first-order valence-corrected chi connectivity index (χ1v) is 4.20. The van der Waals surface area contributed by atoms with Crippen LogP contribution in [0.3, 0.4) is 0 Å². The molecule has 0 radical (unpaired) electrons. The van der Waals surface area contributed by atoms with Gasteiger partial charge in [0.15, 0.2) is 0 Å². The molecule has 0 amide bonds. The van der Waals surface area contributed by atoms with Gasteiger partial charge in [0, 0.05) is 6.42 Å². The van der Waals surface area contributed by atoms with Crippen LogP contribution in [0.2, 0.25) is 0 Å². The molecule has 0 aliphatic carbocycles. The average molecular weight is 183 g/mol. The van der Waals surface area contributed by atoms with Gasteiger partial charge in [0.1, 0.15) is 11.9 Å². The van der Waals surface area contributed by atoms with Gasteiger partial charge in [-0.25, -0.2) is 9.13 Å². The second kappa shape index (κ2) is 4.07. The molecule has 1 aromatic rings. The van der Waals surface area contributed by atoms with Crippen LogP contribution in [0, 0.1) is 0 Å². The number of carbonyl (C=O) groups is 1. The van der Waals surface area contributed by atoms with Gasteiger partial charge in [0.05, 0.1) is 27.6 Å². The summed E-state index contributed by atoms with van der Waals surface area (Å²) in [6, 6.07) is 0. The Labute approximate surface area is 77.7 Å². The van der Waals surface area contributed by atoms with E-state index in [1.54, 1.807) is 0 Å². The summed E-state index contributed by atoms with van der Waals surface area (Å²) in [5.41, 5.74) is 1.13. The third kappa shape index (κ3) is 2.57. The third-order valence-corrected chi connectivity index (χ3v) is 1.97. The molecule has 0 bridgehead atoms. The van der Waals surface area contributed by atoms with Crippen molar-refractivity contribution in [3.05, 3.63) is 18.2 Å². The van der Waals surface area contributed by atoms with Crippen molar-refractivity contribution < 1.29 is 14.1 Å². The lowest BCUT2D eigenvalue weighted by atomic mass is 10.2. The van der Waals surface area contributed by atoms with Crippen LogP contribution in [-0.4, -0.2) is 17.6 Å². The maximum atomic E-state index is 10.9. The lowest BCUT2D eigenvalue weighted by Crippen LogP contribution is -2.23. The van der Waals surface area contributed by atoms with Crippen LogP contribution in [0.1, 0.15) is 12.1 Å². The van der Waals surface area contributed by atoms with Crippen LogP contribution >= 0.6 is 0 Å². The van der Waals surface area contributed by atoms with Crippen molar-refractivity contribution in [3.63, 3.8) is 0 Å². The maximum Gasteiger partial charge on any atom is 0.305 e. The molecule has 13 heavy (non-hydrogen) atoms. The van der Waals surface area contributed by atoms with Gasteiger partial charge in [-0.1, -0.05) is 0 Å². The standard InChI is InChI=1S/C9H15N2O2/c1-10-6-8(11(2)7-10)4-5-9(12)13-3/h6-7H,4-5H2,1-3H3/q+1. The molecule has 0 saturated carbocycles. The molecule has 0 aliphatic heterocycles. The van der Waals surface area contributed by atoms with E-state index in [-0.39, 0.29) is 5.97 Å². The Kier molecular flexibility index (Phi) is 3.06. The van der Waals surface area contributed by atoms with Crippen LogP contribution in [0.4, 0.5) is 0 Å². The number of esters is 1. The van der Waals surface area contributed by atoms with E-state index in [0.717, 1.165) is 12.1 Å². The zero-order valence-corrected chi connectivity index (χ0v) is 8.28. The summed E-state index contributed by atoms with van der Waals surface area (Å²) in [4.78, 5) is 10.9. The lowest BCUT2D eigenvalue weighted by Gasteiger charge is -1.95. The highest BCUT2D eigenvalue weighted by molar-refractivity contribution is 5.69. The molecule has 4 heteroatoms. The molecule has 1 heterocycles. The Hall–Kier alpha value is -1.32. The lowest BCUT2D eigenvalue weighted by molar-refractivity contribution is -0.671. The van der Waals surface area contributed by atoms with Gasteiger partial charge in [0.2, 0.25) is 6.33 Å². The fourth-order valence-corrected chi connectivity index (χ4v) is 1.28. The molecule has 1 rings (SSSR count). The van der Waals surface area contributed by atoms with Gasteiger partial charge in [-0.15, -0.1) is 0 Å². The molecule has 0 aliphatic rings. The summed E-state index contributed by atoms with van der Waals surface area (Å²) in [5.74, 6) is -0.163. The zero-order chi connectivity index (χ0) is 9.84. The van der Waals surface area contributed by atoms with Crippen molar-refractivity contribution >= 4 is 5.97 Å². The van der Waals surface area contributed by atoms with Crippen molar-refractivity contribution in [1.29, 1.82) is 0 Å². The van der Waals surface area contributed by atoms with Gasteiger partial charge in [0.25, 0.3) is 0 Å². The second-order valence-electron chi connectivity index (χ2n) is 3.09. The number of carbonyl (C=O) groups excluding carboxylic acids is 1. The molecule has 0 N–H and O–H groups in total. The fourth-order valence-electron chi connectivity index (χ4n) is 1.28. The first-order valence-electron chi connectivity index (χ1n) is 4.20. The Bertz CT molecular complexity index is 305. The van der Waals surface area contributed by atoms with E-state index in [1.165, 1.54) is 7.11 Å². The summed E-state index contributed by atoms with van der Waals surface area (Å²) in [6.07, 6.45) is 5.13. The van der Waals surface area contributed by atoms with Crippen molar-refractivity contribution in [1.82, 2.24) is 4.57 Å². The average Bonchev–Trinajstić information content (AvgIpc) is 2.41. The number of methoxy groups -OCH3 is 1. The molecule has 0 unspecified atom stereocenters. The van der Waals surface area contributed by atoms with E-state index in [4.69, 9.17) is 0 Å². The quantitative estimate of drug-likeness (QED) is 0.486. The van der Waals surface area contributed by atoms with E-state index in [1.807, 2.05) is 35.8 Å². The summed E-state index contributed by atoms with van der Waals surface area (Å²) in [6.45, 7) is 0. The summed E-state index contributed by atoms with van der Waals surface area (Å²) >= 11 is 0. The number of ether oxygens (including phenoxy) is 1. The molecule has 0 saturated heterocycles. The third-order valence-electron chi connectivity index (χ3n) is 1.97. The summed E-state index contributed by atoms with van der Waals surface area (Å²) in [7, 11) is 5.33. The van der Waals surface area contributed by atoms with E-state index >= 15 is 0 Å². The van der Waals surface area contributed by atoms with Crippen molar-refractivity contribution in [2.24, 2.45) is 14.1 Å². The van der Waals surface area contributed by atoms with E-state index in [9.17, 15) is 4.79 Å². The molecule has 72 valence electrons. The monoisotopic (exact) mass is 183 g/mol. The predicted molar refractivity (Wildman–Crippen MR) is 46.9 cm³/mol. The molecular formula is C9H15N2O2+. The number of aryl methyl sites for hydroxylation is 3. The van der Waals surface area contributed by atoms with Crippen LogP contribution < -0.4 is 4.57 Å². The van der Waals surface area contributed by atoms with E-state index in [0.29, 0.717) is 6.42 Å². The minimum atomic E-state index is -0.163. The number of hydrogen-bond acceptors (Lipinski definition) is 2. The number of nitrogens with zero attached hydrogens (tertiary/aromatic N) is 2. The van der Waals surface area contributed by atoms with E-state index in [2.05, 4.69) is 4.74 Å². The zero-order valence-electron chi connectivity index (χ0n) is 8.28. The Morgan fingerprint density at radius 2 is 2.38 bits per heavy atom.